The zero-order valence-electron chi connectivity index (χ0n) is 9.78. The van der Waals surface area contributed by atoms with Crippen molar-refractivity contribution in [3.8, 4) is 0 Å². The van der Waals surface area contributed by atoms with E-state index in [9.17, 15) is 0 Å². The van der Waals surface area contributed by atoms with Gasteiger partial charge in [0, 0.05) is 30.0 Å². The molecule has 90 valence electrons. The van der Waals surface area contributed by atoms with Gasteiger partial charge in [-0.3, -0.25) is 0 Å². The summed E-state index contributed by atoms with van der Waals surface area (Å²) in [5.41, 5.74) is 6.09. The van der Waals surface area contributed by atoms with Crippen molar-refractivity contribution in [1.29, 1.82) is 0 Å². The number of nitrogens with zero attached hydrogens (tertiary/aromatic N) is 2. The van der Waals surface area contributed by atoms with E-state index >= 15 is 0 Å². The van der Waals surface area contributed by atoms with Crippen LogP contribution in [0.25, 0.3) is 0 Å². The quantitative estimate of drug-likeness (QED) is 0.846. The second kappa shape index (κ2) is 5.59. The summed E-state index contributed by atoms with van der Waals surface area (Å²) in [4.78, 5) is 4.47. The highest BCUT2D eigenvalue weighted by Crippen LogP contribution is 2.22. The van der Waals surface area contributed by atoms with E-state index in [1.54, 1.807) is 0 Å². The number of anilines is 1. The molecule has 0 saturated heterocycles. The summed E-state index contributed by atoms with van der Waals surface area (Å²) in [6.45, 7) is 2.14. The van der Waals surface area contributed by atoms with E-state index in [4.69, 9.17) is 5.73 Å². The molecule has 2 rings (SSSR count). The van der Waals surface area contributed by atoms with Gasteiger partial charge >= 0.3 is 0 Å². The van der Waals surface area contributed by atoms with Crippen LogP contribution in [0.2, 0.25) is 0 Å². The van der Waals surface area contributed by atoms with Crippen LogP contribution in [0.3, 0.4) is 0 Å². The lowest BCUT2D eigenvalue weighted by Gasteiger charge is -2.28. The monoisotopic (exact) mass is 240 g/mol. The highest BCUT2D eigenvalue weighted by Gasteiger charge is 2.22. The van der Waals surface area contributed by atoms with Crippen LogP contribution in [0, 0.1) is 0 Å². The molecule has 4 nitrogen and oxygen atoms in total. The van der Waals surface area contributed by atoms with Crippen LogP contribution in [0.5, 0.6) is 0 Å². The first kappa shape index (κ1) is 11.8. The van der Waals surface area contributed by atoms with Gasteiger partial charge in [-0.25, -0.2) is 4.98 Å². The summed E-state index contributed by atoms with van der Waals surface area (Å²) in [5, 5.41) is 4.37. The van der Waals surface area contributed by atoms with Crippen LogP contribution in [0.15, 0.2) is 0 Å². The topological polar surface area (TPSA) is 63.8 Å². The van der Waals surface area contributed by atoms with Crippen LogP contribution < -0.4 is 11.1 Å². The van der Waals surface area contributed by atoms with E-state index in [1.807, 2.05) is 0 Å². The van der Waals surface area contributed by atoms with Gasteiger partial charge in [-0.15, -0.1) is 0 Å². The molecule has 16 heavy (non-hydrogen) atoms. The number of hydrogen-bond donors (Lipinski definition) is 2. The summed E-state index contributed by atoms with van der Waals surface area (Å²) < 4.78 is 4.32. The van der Waals surface area contributed by atoms with Gasteiger partial charge in [0.05, 0.1) is 0 Å². The lowest BCUT2D eigenvalue weighted by molar-refractivity contribution is 0.404. The molecule has 0 bridgehead atoms. The third-order valence-corrected chi connectivity index (χ3v) is 3.75. The molecule has 1 aromatic heterocycles. The third-order valence-electron chi connectivity index (χ3n) is 3.07. The summed E-state index contributed by atoms with van der Waals surface area (Å²) in [6, 6.07) is 0.656. The van der Waals surface area contributed by atoms with E-state index in [2.05, 4.69) is 21.6 Å². The minimum atomic E-state index is 0.271. The zero-order valence-corrected chi connectivity index (χ0v) is 10.6. The maximum atomic E-state index is 6.09. The summed E-state index contributed by atoms with van der Waals surface area (Å²) in [5.74, 6) is 0.958. The molecule has 1 aliphatic carbocycles. The molecule has 1 aliphatic rings. The zero-order chi connectivity index (χ0) is 11.4. The van der Waals surface area contributed by atoms with E-state index in [-0.39, 0.29) is 6.04 Å². The van der Waals surface area contributed by atoms with Crippen LogP contribution in [0.4, 0.5) is 5.13 Å². The maximum Gasteiger partial charge on any atom is 0.202 e. The van der Waals surface area contributed by atoms with Gasteiger partial charge in [-0.1, -0.05) is 19.8 Å². The maximum absolute atomic E-state index is 6.09. The molecule has 3 N–H and O–H groups in total. The Kier molecular flexibility index (Phi) is 4.12. The number of aromatic nitrogens is 2. The first-order valence-corrected chi connectivity index (χ1v) is 6.91. The fraction of sp³-hybridized carbons (Fsp3) is 0.818. The van der Waals surface area contributed by atoms with Crippen LogP contribution in [0.1, 0.15) is 44.9 Å². The molecule has 0 radical (unpaired) electrons. The Morgan fingerprint density at radius 3 is 3.00 bits per heavy atom. The van der Waals surface area contributed by atoms with Crippen molar-refractivity contribution in [2.75, 3.05) is 5.32 Å². The molecule has 0 spiro atoms. The van der Waals surface area contributed by atoms with Crippen molar-refractivity contribution in [3.05, 3.63) is 5.82 Å². The van der Waals surface area contributed by atoms with Crippen LogP contribution in [-0.4, -0.2) is 21.4 Å². The van der Waals surface area contributed by atoms with Crippen molar-refractivity contribution in [3.63, 3.8) is 0 Å². The van der Waals surface area contributed by atoms with E-state index in [1.165, 1.54) is 24.4 Å². The predicted octanol–water partition coefficient (Wildman–Crippen LogP) is 2.17. The average Bonchev–Trinajstić information content (AvgIpc) is 2.70. The SMILES string of the molecule is CCCc1nsc(N[C@@H]2CCCC[C@H]2N)n1. The van der Waals surface area contributed by atoms with Crippen molar-refractivity contribution in [2.24, 2.45) is 5.73 Å². The Hall–Kier alpha value is -0.680. The number of nitrogens with two attached hydrogens (primary N) is 1. The number of rotatable bonds is 4. The van der Waals surface area contributed by atoms with Gasteiger partial charge in [0.2, 0.25) is 5.13 Å². The molecular weight excluding hydrogens is 220 g/mol. The minimum absolute atomic E-state index is 0.271. The van der Waals surface area contributed by atoms with Gasteiger partial charge in [-0.2, -0.15) is 4.37 Å². The third kappa shape index (κ3) is 2.92. The second-order valence-electron chi connectivity index (χ2n) is 4.46. The van der Waals surface area contributed by atoms with Crippen molar-refractivity contribution in [2.45, 2.75) is 57.5 Å². The van der Waals surface area contributed by atoms with E-state index < -0.39 is 0 Å². The summed E-state index contributed by atoms with van der Waals surface area (Å²) in [6.07, 6.45) is 6.87. The van der Waals surface area contributed by atoms with Crippen molar-refractivity contribution >= 4 is 16.7 Å². The Bertz CT molecular complexity index is 326. The molecular formula is C11H20N4S. The van der Waals surface area contributed by atoms with E-state index in [0.29, 0.717) is 6.04 Å². The Morgan fingerprint density at radius 2 is 2.25 bits per heavy atom. The first-order chi connectivity index (χ1) is 7.79. The molecule has 0 amide bonds. The number of nitrogens with one attached hydrogen (secondary N) is 1. The standard InChI is InChI=1S/C11H20N4S/c1-2-5-10-14-11(16-15-10)13-9-7-4-3-6-8(9)12/h8-9H,2-7,12H2,1H3,(H,13,14,15)/t8-,9-/m1/s1. The minimum Gasteiger partial charge on any atom is -0.356 e. The Morgan fingerprint density at radius 1 is 1.44 bits per heavy atom. The molecule has 1 heterocycles. The molecule has 2 atom stereocenters. The number of aryl methyl sites for hydroxylation is 1. The summed E-state index contributed by atoms with van der Waals surface area (Å²) in [7, 11) is 0. The van der Waals surface area contributed by atoms with Gasteiger partial charge in [0.1, 0.15) is 5.82 Å². The fourth-order valence-corrected chi connectivity index (χ4v) is 2.81. The smallest absolute Gasteiger partial charge is 0.202 e. The second-order valence-corrected chi connectivity index (χ2v) is 5.22. The highest BCUT2D eigenvalue weighted by atomic mass is 32.1. The van der Waals surface area contributed by atoms with Gasteiger partial charge in [-0.05, 0) is 19.3 Å². The average molecular weight is 240 g/mol. The lowest BCUT2D eigenvalue weighted by Crippen LogP contribution is -2.42. The molecule has 0 aliphatic heterocycles. The molecule has 1 saturated carbocycles. The van der Waals surface area contributed by atoms with Gasteiger partial charge in [0.15, 0.2) is 0 Å². The Labute approximate surface area is 101 Å². The highest BCUT2D eigenvalue weighted by molar-refractivity contribution is 7.09. The van der Waals surface area contributed by atoms with Crippen molar-refractivity contribution < 1.29 is 0 Å². The van der Waals surface area contributed by atoms with Gasteiger partial charge in [0.25, 0.3) is 0 Å². The Balaban J connectivity index is 1.91. The molecule has 0 unspecified atom stereocenters. The predicted molar refractivity (Wildman–Crippen MR) is 67.8 cm³/mol. The first-order valence-electron chi connectivity index (χ1n) is 6.14. The fourth-order valence-electron chi connectivity index (χ4n) is 2.14. The molecule has 1 fully saturated rings. The number of hydrogen-bond acceptors (Lipinski definition) is 5. The largest absolute Gasteiger partial charge is 0.356 e. The van der Waals surface area contributed by atoms with Crippen LogP contribution >= 0.6 is 11.5 Å². The molecule has 5 heteroatoms. The molecule has 0 aromatic carbocycles. The summed E-state index contributed by atoms with van der Waals surface area (Å²) >= 11 is 1.46. The van der Waals surface area contributed by atoms with Crippen molar-refractivity contribution in [1.82, 2.24) is 9.36 Å². The van der Waals surface area contributed by atoms with E-state index in [0.717, 1.165) is 36.6 Å². The van der Waals surface area contributed by atoms with Crippen LogP contribution in [-0.2, 0) is 6.42 Å². The lowest BCUT2D eigenvalue weighted by atomic mass is 9.91. The normalized spacial score (nSPS) is 25.6. The van der Waals surface area contributed by atoms with Gasteiger partial charge < -0.3 is 11.1 Å². The molecule has 1 aromatic rings.